The molecule has 1 atom stereocenters. The molecule has 2 N–H and O–H groups in total. The van der Waals surface area contributed by atoms with Crippen molar-refractivity contribution in [3.05, 3.63) is 38.9 Å². The molecule has 0 aliphatic carbocycles. The molecule has 1 aromatic rings. The summed E-state index contributed by atoms with van der Waals surface area (Å²) in [5, 5.41) is 11.1. The van der Waals surface area contributed by atoms with Crippen LogP contribution in [0, 0.1) is 16.0 Å². The molecule has 1 unspecified atom stereocenters. The minimum absolute atomic E-state index is 0. The molecule has 118 valence electrons. The van der Waals surface area contributed by atoms with Gasteiger partial charge in [0.05, 0.1) is 4.92 Å². The third-order valence-corrected chi connectivity index (χ3v) is 4.31. The van der Waals surface area contributed by atoms with E-state index in [1.807, 2.05) is 6.07 Å². The van der Waals surface area contributed by atoms with Gasteiger partial charge in [-0.15, -0.1) is 12.4 Å². The zero-order valence-electron chi connectivity index (χ0n) is 12.0. The first-order chi connectivity index (χ1) is 9.47. The first kappa shape index (κ1) is 18.2. The van der Waals surface area contributed by atoms with Crippen LogP contribution < -0.4 is 5.73 Å². The van der Waals surface area contributed by atoms with Gasteiger partial charge < -0.3 is 5.73 Å². The standard InChI is InChI=1S/C14H20ClN3O2.ClH/c1-10(16)12-4-6-17(7-5-12)9-11-2-3-13(15)14(8-11)18(19)20;/h2-3,8,10,12H,4-7,9,16H2,1H3;1H. The third-order valence-electron chi connectivity index (χ3n) is 3.99. The van der Waals surface area contributed by atoms with E-state index in [0.29, 0.717) is 5.92 Å². The summed E-state index contributed by atoms with van der Waals surface area (Å²) in [6.07, 6.45) is 2.18. The fraction of sp³-hybridized carbons (Fsp3) is 0.571. The lowest BCUT2D eigenvalue weighted by Crippen LogP contribution is -2.39. The topological polar surface area (TPSA) is 72.4 Å². The average molecular weight is 334 g/mol. The van der Waals surface area contributed by atoms with Crippen LogP contribution in [0.5, 0.6) is 0 Å². The maximum absolute atomic E-state index is 10.9. The molecule has 0 amide bonds. The van der Waals surface area contributed by atoms with E-state index in [2.05, 4.69) is 11.8 Å². The normalized spacial score (nSPS) is 18.0. The number of benzene rings is 1. The molecule has 1 aliphatic heterocycles. The van der Waals surface area contributed by atoms with E-state index in [0.717, 1.165) is 38.0 Å². The summed E-state index contributed by atoms with van der Waals surface area (Å²) in [5.41, 5.74) is 6.84. The number of nitro groups is 1. The van der Waals surface area contributed by atoms with E-state index in [-0.39, 0.29) is 29.2 Å². The number of nitro benzene ring substituents is 1. The molecule has 1 fully saturated rings. The van der Waals surface area contributed by atoms with Crippen molar-refractivity contribution in [2.45, 2.75) is 32.4 Å². The summed E-state index contributed by atoms with van der Waals surface area (Å²) in [5.74, 6) is 0.589. The second-order valence-corrected chi connectivity index (χ2v) is 5.92. The number of hydrogen-bond donors (Lipinski definition) is 1. The van der Waals surface area contributed by atoms with E-state index in [1.165, 1.54) is 0 Å². The predicted molar refractivity (Wildman–Crippen MR) is 87.0 cm³/mol. The monoisotopic (exact) mass is 333 g/mol. The summed E-state index contributed by atoms with van der Waals surface area (Å²) >= 11 is 5.82. The highest BCUT2D eigenvalue weighted by molar-refractivity contribution is 6.32. The van der Waals surface area contributed by atoms with Gasteiger partial charge in [0.15, 0.2) is 0 Å². The summed E-state index contributed by atoms with van der Waals surface area (Å²) in [6.45, 7) is 4.76. The van der Waals surface area contributed by atoms with Crippen molar-refractivity contribution in [3.8, 4) is 0 Å². The number of halogens is 2. The fourth-order valence-corrected chi connectivity index (χ4v) is 2.88. The van der Waals surface area contributed by atoms with Crippen molar-refractivity contribution >= 4 is 29.7 Å². The third kappa shape index (κ3) is 4.81. The molecule has 0 aromatic heterocycles. The van der Waals surface area contributed by atoms with E-state index >= 15 is 0 Å². The number of hydrogen-bond acceptors (Lipinski definition) is 4. The molecule has 0 saturated carbocycles. The van der Waals surface area contributed by atoms with Crippen LogP contribution in [0.2, 0.25) is 5.02 Å². The minimum atomic E-state index is -0.436. The Hall–Kier alpha value is -0.880. The second kappa shape index (κ2) is 7.94. The molecule has 21 heavy (non-hydrogen) atoms. The highest BCUT2D eigenvalue weighted by atomic mass is 35.5. The highest BCUT2D eigenvalue weighted by Crippen LogP contribution is 2.27. The number of nitrogens with zero attached hydrogens (tertiary/aromatic N) is 2. The lowest BCUT2D eigenvalue weighted by molar-refractivity contribution is -0.384. The molecule has 1 heterocycles. The van der Waals surface area contributed by atoms with Crippen molar-refractivity contribution < 1.29 is 4.92 Å². The summed E-state index contributed by atoms with van der Waals surface area (Å²) in [4.78, 5) is 12.8. The van der Waals surface area contributed by atoms with Gasteiger partial charge in [-0.05, 0) is 50.4 Å². The van der Waals surface area contributed by atoms with Gasteiger partial charge in [-0.1, -0.05) is 17.7 Å². The van der Waals surface area contributed by atoms with E-state index in [1.54, 1.807) is 12.1 Å². The van der Waals surface area contributed by atoms with Crippen LogP contribution >= 0.6 is 24.0 Å². The maximum Gasteiger partial charge on any atom is 0.288 e. The molecule has 2 rings (SSSR count). The Kier molecular flexibility index (Phi) is 6.87. The lowest BCUT2D eigenvalue weighted by Gasteiger charge is -2.33. The highest BCUT2D eigenvalue weighted by Gasteiger charge is 2.22. The van der Waals surface area contributed by atoms with Crippen molar-refractivity contribution in [1.29, 1.82) is 0 Å². The molecule has 0 spiro atoms. The average Bonchev–Trinajstić information content (AvgIpc) is 2.41. The van der Waals surface area contributed by atoms with E-state index in [9.17, 15) is 10.1 Å². The molecule has 5 nitrogen and oxygen atoms in total. The number of rotatable bonds is 4. The van der Waals surface area contributed by atoms with Gasteiger partial charge in [0.1, 0.15) is 5.02 Å². The van der Waals surface area contributed by atoms with Gasteiger partial charge >= 0.3 is 0 Å². The van der Waals surface area contributed by atoms with Gasteiger partial charge in [-0.3, -0.25) is 15.0 Å². The Morgan fingerprint density at radius 1 is 1.48 bits per heavy atom. The minimum Gasteiger partial charge on any atom is -0.328 e. The molecule has 1 aromatic carbocycles. The molecule has 0 bridgehead atoms. The van der Waals surface area contributed by atoms with Gasteiger partial charge in [-0.2, -0.15) is 0 Å². The van der Waals surface area contributed by atoms with Crippen molar-refractivity contribution in [3.63, 3.8) is 0 Å². The molecule has 1 aliphatic rings. The molecular weight excluding hydrogens is 313 g/mol. The van der Waals surface area contributed by atoms with Crippen molar-refractivity contribution in [2.75, 3.05) is 13.1 Å². The Morgan fingerprint density at radius 3 is 2.62 bits per heavy atom. The number of piperidine rings is 1. The summed E-state index contributed by atoms with van der Waals surface area (Å²) in [6, 6.07) is 5.27. The first-order valence-corrected chi connectivity index (χ1v) is 7.26. The van der Waals surface area contributed by atoms with Crippen LogP contribution in [0.4, 0.5) is 5.69 Å². The van der Waals surface area contributed by atoms with Gasteiger partial charge in [-0.25, -0.2) is 0 Å². The Bertz CT molecular complexity index is 489. The molecule has 1 saturated heterocycles. The van der Waals surface area contributed by atoms with E-state index in [4.69, 9.17) is 17.3 Å². The zero-order valence-corrected chi connectivity index (χ0v) is 13.6. The summed E-state index contributed by atoms with van der Waals surface area (Å²) in [7, 11) is 0. The Balaban J connectivity index is 0.00000220. The van der Waals surface area contributed by atoms with Crippen LogP contribution in [-0.4, -0.2) is 29.0 Å². The largest absolute Gasteiger partial charge is 0.328 e. The molecule has 7 heteroatoms. The van der Waals surface area contributed by atoms with Crippen molar-refractivity contribution in [2.24, 2.45) is 11.7 Å². The summed E-state index contributed by atoms with van der Waals surface area (Å²) < 4.78 is 0. The number of likely N-dealkylation sites (tertiary alicyclic amines) is 1. The van der Waals surface area contributed by atoms with Crippen LogP contribution in [0.3, 0.4) is 0 Å². The number of nitrogens with two attached hydrogens (primary N) is 1. The van der Waals surface area contributed by atoms with Gasteiger partial charge in [0, 0.05) is 18.7 Å². The first-order valence-electron chi connectivity index (χ1n) is 6.88. The fourth-order valence-electron chi connectivity index (χ4n) is 2.69. The predicted octanol–water partition coefficient (Wildman–Crippen LogP) is 3.23. The zero-order chi connectivity index (χ0) is 14.7. The van der Waals surface area contributed by atoms with E-state index < -0.39 is 4.92 Å². The van der Waals surface area contributed by atoms with Gasteiger partial charge in [0.2, 0.25) is 0 Å². The molecular formula is C14H21Cl2N3O2. The Labute approximate surface area is 136 Å². The smallest absolute Gasteiger partial charge is 0.288 e. The Morgan fingerprint density at radius 2 is 2.10 bits per heavy atom. The van der Waals surface area contributed by atoms with Crippen LogP contribution in [0.25, 0.3) is 0 Å². The van der Waals surface area contributed by atoms with Gasteiger partial charge in [0.25, 0.3) is 5.69 Å². The SMILES string of the molecule is CC(N)C1CCN(Cc2ccc(Cl)c([N+](=O)[O-])c2)CC1.Cl. The second-order valence-electron chi connectivity index (χ2n) is 5.52. The van der Waals surface area contributed by atoms with Crippen LogP contribution in [0.15, 0.2) is 18.2 Å². The van der Waals surface area contributed by atoms with Crippen LogP contribution in [-0.2, 0) is 6.54 Å². The maximum atomic E-state index is 10.9. The molecule has 0 radical (unpaired) electrons. The lowest BCUT2D eigenvalue weighted by atomic mass is 9.91. The van der Waals surface area contributed by atoms with Crippen LogP contribution in [0.1, 0.15) is 25.3 Å². The quantitative estimate of drug-likeness (QED) is 0.678. The van der Waals surface area contributed by atoms with Crippen molar-refractivity contribution in [1.82, 2.24) is 4.90 Å².